The first kappa shape index (κ1) is 13.0. The van der Waals surface area contributed by atoms with E-state index in [0.717, 1.165) is 12.2 Å². The number of nitrogens with two attached hydrogens (primary N) is 1. The molecular weight excluding hydrogens is 223 g/mol. The molecule has 86 valence electrons. The quantitative estimate of drug-likeness (QED) is 0.858. The molecule has 0 saturated heterocycles. The summed E-state index contributed by atoms with van der Waals surface area (Å²) in [5.41, 5.74) is 6.84. The van der Waals surface area contributed by atoms with Crippen LogP contribution in [0.1, 0.15) is 24.5 Å². The number of hydrogen-bond acceptors (Lipinski definition) is 3. The van der Waals surface area contributed by atoms with E-state index in [0.29, 0.717) is 16.9 Å². The molecule has 0 bridgehead atoms. The molecule has 2 nitrogen and oxygen atoms in total. The lowest BCUT2D eigenvalue weighted by molar-refractivity contribution is 0.617. The van der Waals surface area contributed by atoms with Gasteiger partial charge in [0.15, 0.2) is 0 Å². The Morgan fingerprint density at radius 3 is 2.94 bits per heavy atom. The normalized spacial score (nSPS) is 12.1. The predicted molar refractivity (Wildman–Crippen MR) is 65.5 cm³/mol. The maximum atomic E-state index is 13.4. The van der Waals surface area contributed by atoms with Crippen LogP contribution >= 0.6 is 11.8 Å². The van der Waals surface area contributed by atoms with Gasteiger partial charge in [-0.15, -0.1) is 0 Å². The van der Waals surface area contributed by atoms with Crippen LogP contribution in [0.15, 0.2) is 18.2 Å². The highest BCUT2D eigenvalue weighted by molar-refractivity contribution is 7.98. The predicted octanol–water partition coefficient (Wildman–Crippen LogP) is 2.67. The van der Waals surface area contributed by atoms with Crippen LogP contribution in [0, 0.1) is 17.1 Å². The third-order valence-electron chi connectivity index (χ3n) is 2.29. The molecule has 0 amide bonds. The third-order valence-corrected chi connectivity index (χ3v) is 3.47. The summed E-state index contributed by atoms with van der Waals surface area (Å²) in [6.07, 6.45) is 0.924. The van der Waals surface area contributed by atoms with Crippen molar-refractivity contribution in [2.75, 3.05) is 5.75 Å². The second-order valence-electron chi connectivity index (χ2n) is 3.60. The molecule has 1 unspecified atom stereocenters. The van der Waals surface area contributed by atoms with Gasteiger partial charge in [0.1, 0.15) is 5.82 Å². The number of nitriles is 1. The molecule has 1 aromatic carbocycles. The Labute approximate surface area is 99.6 Å². The Balaban J connectivity index is 2.56. The lowest BCUT2D eigenvalue weighted by atomic mass is 10.1. The van der Waals surface area contributed by atoms with E-state index >= 15 is 0 Å². The average molecular weight is 238 g/mol. The van der Waals surface area contributed by atoms with Crippen molar-refractivity contribution in [2.45, 2.75) is 25.1 Å². The fourth-order valence-electron chi connectivity index (χ4n) is 1.19. The van der Waals surface area contributed by atoms with Crippen LogP contribution in [0.5, 0.6) is 0 Å². The van der Waals surface area contributed by atoms with Gasteiger partial charge in [-0.25, -0.2) is 4.39 Å². The number of hydrogen-bond donors (Lipinski definition) is 1. The molecule has 0 saturated carbocycles. The minimum absolute atomic E-state index is 0.159. The van der Waals surface area contributed by atoms with Gasteiger partial charge in [-0.3, -0.25) is 0 Å². The van der Waals surface area contributed by atoms with E-state index in [1.54, 1.807) is 17.8 Å². The van der Waals surface area contributed by atoms with Crippen LogP contribution < -0.4 is 5.73 Å². The van der Waals surface area contributed by atoms with Crippen LogP contribution in [-0.4, -0.2) is 11.8 Å². The molecular formula is C12H15FN2S. The van der Waals surface area contributed by atoms with Crippen molar-refractivity contribution >= 4 is 11.8 Å². The van der Waals surface area contributed by atoms with Gasteiger partial charge in [-0.2, -0.15) is 17.0 Å². The van der Waals surface area contributed by atoms with Crippen LogP contribution in [0.3, 0.4) is 0 Å². The molecule has 0 aromatic heterocycles. The first-order chi connectivity index (χ1) is 7.67. The van der Waals surface area contributed by atoms with Gasteiger partial charge >= 0.3 is 0 Å². The van der Waals surface area contributed by atoms with E-state index in [1.165, 1.54) is 12.1 Å². The van der Waals surface area contributed by atoms with Crippen molar-refractivity contribution in [2.24, 2.45) is 5.73 Å². The zero-order valence-corrected chi connectivity index (χ0v) is 10.1. The average Bonchev–Trinajstić information content (AvgIpc) is 2.31. The monoisotopic (exact) mass is 238 g/mol. The smallest absolute Gasteiger partial charge is 0.127 e. The highest BCUT2D eigenvalue weighted by Crippen LogP contribution is 2.18. The van der Waals surface area contributed by atoms with E-state index in [2.05, 4.69) is 0 Å². The standard InChI is InChI=1S/C12H15FN2S/c1-2-11(15)8-16-7-10-5-9(6-14)3-4-12(10)13/h3-5,11H,2,7-8,15H2,1H3. The second-order valence-corrected chi connectivity index (χ2v) is 4.63. The Bertz CT molecular complexity index is 387. The molecule has 1 aromatic rings. The van der Waals surface area contributed by atoms with E-state index in [4.69, 9.17) is 11.0 Å². The molecule has 0 heterocycles. The number of nitrogens with zero attached hydrogens (tertiary/aromatic N) is 1. The number of rotatable bonds is 5. The highest BCUT2D eigenvalue weighted by atomic mass is 32.2. The maximum absolute atomic E-state index is 13.4. The van der Waals surface area contributed by atoms with Crippen LogP contribution in [0.2, 0.25) is 0 Å². The van der Waals surface area contributed by atoms with Crippen LogP contribution in [0.25, 0.3) is 0 Å². The molecule has 4 heteroatoms. The fourth-order valence-corrected chi connectivity index (χ4v) is 2.29. The molecule has 0 fully saturated rings. The molecule has 0 aliphatic heterocycles. The summed E-state index contributed by atoms with van der Waals surface area (Å²) in [6.45, 7) is 2.03. The zero-order chi connectivity index (χ0) is 12.0. The van der Waals surface area contributed by atoms with Crippen molar-refractivity contribution in [3.8, 4) is 6.07 Å². The van der Waals surface area contributed by atoms with Crippen LogP contribution in [-0.2, 0) is 5.75 Å². The molecule has 0 spiro atoms. The molecule has 2 N–H and O–H groups in total. The number of thioether (sulfide) groups is 1. The first-order valence-electron chi connectivity index (χ1n) is 5.19. The van der Waals surface area contributed by atoms with Crippen molar-refractivity contribution in [3.63, 3.8) is 0 Å². The molecule has 1 rings (SSSR count). The SMILES string of the molecule is CCC(N)CSCc1cc(C#N)ccc1F. The minimum Gasteiger partial charge on any atom is -0.327 e. The summed E-state index contributed by atoms with van der Waals surface area (Å²) in [6, 6.07) is 6.59. The summed E-state index contributed by atoms with van der Waals surface area (Å²) < 4.78 is 13.4. The lowest BCUT2D eigenvalue weighted by Crippen LogP contribution is -2.21. The summed E-state index contributed by atoms with van der Waals surface area (Å²) in [5.74, 6) is 1.12. The summed E-state index contributed by atoms with van der Waals surface area (Å²) in [7, 11) is 0. The van der Waals surface area contributed by atoms with Crippen LogP contribution in [0.4, 0.5) is 4.39 Å². The minimum atomic E-state index is -0.253. The third kappa shape index (κ3) is 3.84. The molecule has 1 atom stereocenters. The zero-order valence-electron chi connectivity index (χ0n) is 9.24. The Morgan fingerprint density at radius 1 is 1.56 bits per heavy atom. The Kier molecular flexibility index (Phi) is 5.30. The van der Waals surface area contributed by atoms with Gasteiger partial charge in [0, 0.05) is 17.5 Å². The summed E-state index contributed by atoms with van der Waals surface area (Å²) in [5, 5.41) is 8.71. The van der Waals surface area contributed by atoms with Crippen molar-refractivity contribution in [1.29, 1.82) is 5.26 Å². The van der Waals surface area contributed by atoms with E-state index in [1.807, 2.05) is 13.0 Å². The maximum Gasteiger partial charge on any atom is 0.127 e. The van der Waals surface area contributed by atoms with Gasteiger partial charge in [0.05, 0.1) is 11.6 Å². The molecule has 0 aliphatic carbocycles. The summed E-state index contributed by atoms with van der Waals surface area (Å²) >= 11 is 1.60. The first-order valence-corrected chi connectivity index (χ1v) is 6.34. The van der Waals surface area contributed by atoms with Crippen molar-refractivity contribution in [1.82, 2.24) is 0 Å². The van der Waals surface area contributed by atoms with Crippen molar-refractivity contribution in [3.05, 3.63) is 35.1 Å². The second kappa shape index (κ2) is 6.51. The Morgan fingerprint density at radius 2 is 2.31 bits per heavy atom. The molecule has 0 radical (unpaired) electrons. The van der Waals surface area contributed by atoms with Gasteiger partial charge in [-0.05, 0) is 30.2 Å². The van der Waals surface area contributed by atoms with Gasteiger partial charge in [0.25, 0.3) is 0 Å². The summed E-state index contributed by atoms with van der Waals surface area (Å²) in [4.78, 5) is 0. The molecule has 16 heavy (non-hydrogen) atoms. The van der Waals surface area contributed by atoms with E-state index < -0.39 is 0 Å². The lowest BCUT2D eigenvalue weighted by Gasteiger charge is -2.08. The van der Waals surface area contributed by atoms with E-state index in [-0.39, 0.29) is 11.9 Å². The molecule has 0 aliphatic rings. The fraction of sp³-hybridized carbons (Fsp3) is 0.417. The Hall–Kier alpha value is -1.05. The number of halogens is 1. The van der Waals surface area contributed by atoms with Crippen molar-refractivity contribution < 1.29 is 4.39 Å². The van der Waals surface area contributed by atoms with Gasteiger partial charge in [0.2, 0.25) is 0 Å². The number of benzene rings is 1. The highest BCUT2D eigenvalue weighted by Gasteiger charge is 2.05. The van der Waals surface area contributed by atoms with Gasteiger partial charge in [-0.1, -0.05) is 6.92 Å². The van der Waals surface area contributed by atoms with E-state index in [9.17, 15) is 4.39 Å². The largest absolute Gasteiger partial charge is 0.327 e. The van der Waals surface area contributed by atoms with Gasteiger partial charge < -0.3 is 5.73 Å². The topological polar surface area (TPSA) is 49.8 Å².